The molecule has 0 N–H and O–H groups in total. The number of para-hydroxylation sites is 2. The van der Waals surface area contributed by atoms with Crippen LogP contribution >= 0.6 is 32.1 Å². The third kappa shape index (κ3) is 5.94. The number of halogens is 1. The molecule has 4 heterocycles. The van der Waals surface area contributed by atoms with Gasteiger partial charge in [0.25, 0.3) is 0 Å². The highest BCUT2D eigenvalue weighted by molar-refractivity contribution is 14.2. The van der Waals surface area contributed by atoms with Gasteiger partial charge in [-0.1, -0.05) is 172 Å². The monoisotopic (exact) mass is 896 g/mol. The van der Waals surface area contributed by atoms with Crippen molar-refractivity contribution in [1.29, 1.82) is 0 Å². The number of benzene rings is 8. The van der Waals surface area contributed by atoms with Crippen molar-refractivity contribution in [3.63, 3.8) is 0 Å². The van der Waals surface area contributed by atoms with Gasteiger partial charge in [0.05, 0.1) is 11.0 Å². The Hall–Kier alpha value is -6.87. The Morgan fingerprint density at radius 1 is 0.400 bits per heavy atom. The number of hydrogen-bond acceptors (Lipinski definition) is 4. The van der Waals surface area contributed by atoms with Gasteiger partial charge in [-0.25, -0.2) is 15.0 Å². The minimum atomic E-state index is -0.505. The van der Waals surface area contributed by atoms with Gasteiger partial charge >= 0.3 is 0 Å². The van der Waals surface area contributed by atoms with Crippen LogP contribution in [0.4, 0.5) is 0 Å². The Labute approximate surface area is 360 Å². The summed E-state index contributed by atoms with van der Waals surface area (Å²) >= 11 is 1.41. The van der Waals surface area contributed by atoms with Gasteiger partial charge in [-0.2, -0.15) is 0 Å². The fourth-order valence-electron chi connectivity index (χ4n) is 8.54. The highest BCUT2D eigenvalue weighted by atomic mass is 127. The summed E-state index contributed by atoms with van der Waals surface area (Å²) in [6.07, 6.45) is 0. The van der Waals surface area contributed by atoms with Crippen LogP contribution in [0.15, 0.2) is 200 Å². The maximum Gasteiger partial charge on any atom is 0.164 e. The smallest absolute Gasteiger partial charge is 0.164 e. The molecule has 0 unspecified atom stereocenters. The van der Waals surface area contributed by atoms with E-state index in [1.165, 1.54) is 60.6 Å². The van der Waals surface area contributed by atoms with Gasteiger partial charge < -0.3 is 4.57 Å². The molecule has 11 aromatic rings. The average molecular weight is 897 g/mol. The molecule has 0 fully saturated rings. The van der Waals surface area contributed by atoms with Crippen LogP contribution in [-0.4, -0.2) is 23.0 Å². The third-order valence-electron chi connectivity index (χ3n) is 11.3. The van der Waals surface area contributed by atoms with Gasteiger partial charge in [-0.05, 0) is 70.8 Å². The molecule has 0 aliphatic carbocycles. The molecule has 0 bridgehead atoms. The molecule has 3 aromatic heterocycles. The highest BCUT2D eigenvalue weighted by Gasteiger charge is 2.26. The number of aromatic nitrogens is 4. The van der Waals surface area contributed by atoms with Crippen LogP contribution in [-0.2, 0) is 0 Å². The van der Waals surface area contributed by atoms with Crippen molar-refractivity contribution in [3.05, 3.63) is 214 Å². The van der Waals surface area contributed by atoms with E-state index in [9.17, 15) is 0 Å². The Bertz CT molecular complexity index is 3440. The summed E-state index contributed by atoms with van der Waals surface area (Å²) in [5, 5.41) is 3.78. The molecule has 12 rings (SSSR count). The van der Waals surface area contributed by atoms with E-state index in [1.807, 2.05) is 29.5 Å². The van der Waals surface area contributed by atoms with E-state index in [0.717, 1.165) is 33.4 Å². The van der Waals surface area contributed by atoms with Crippen LogP contribution in [0.3, 0.4) is 0 Å². The first-order chi connectivity index (χ1) is 29.7. The first kappa shape index (κ1) is 35.1. The molecular formula is C54H33IN4S. The van der Waals surface area contributed by atoms with Crippen LogP contribution < -0.4 is 0 Å². The first-order valence-corrected chi connectivity index (χ1v) is 23.0. The molecule has 0 spiro atoms. The van der Waals surface area contributed by atoms with Crippen LogP contribution in [0.2, 0.25) is 0 Å². The molecule has 6 heteroatoms. The van der Waals surface area contributed by atoms with Crippen LogP contribution in [0, 0.1) is 3.57 Å². The van der Waals surface area contributed by atoms with Gasteiger partial charge in [0, 0.05) is 60.8 Å². The molecule has 4 nitrogen and oxygen atoms in total. The lowest BCUT2D eigenvalue weighted by molar-refractivity contribution is 1.07. The summed E-state index contributed by atoms with van der Waals surface area (Å²) < 4.78 is 6.53. The quantitative estimate of drug-likeness (QED) is 0.156. The van der Waals surface area contributed by atoms with Crippen LogP contribution in [0.1, 0.15) is 10.4 Å². The standard InChI is InChI=1S/C54H33IN4S/c1-3-15-34(16-4-1)36-29-30-45-44(33-36)49-43-25-9-12-28-48(43)60-51(49)50(55-45)37-19-13-20-38(31-37)53-56-52(35-17-5-2-6-18-35)57-54(58-53)39-21-14-22-40(32-39)59-46-26-10-7-23-41(46)42-24-8-11-27-47(42)59/h1-33H. The van der Waals surface area contributed by atoms with Gasteiger partial charge in [0.1, 0.15) is 0 Å². The highest BCUT2D eigenvalue weighted by Crippen LogP contribution is 2.48. The molecule has 60 heavy (non-hydrogen) atoms. The van der Waals surface area contributed by atoms with Gasteiger partial charge in [0.15, 0.2) is 17.5 Å². The molecule has 0 amide bonds. The van der Waals surface area contributed by atoms with Crippen molar-refractivity contribution in [2.45, 2.75) is 0 Å². The minimum absolute atomic E-state index is 0.505. The summed E-state index contributed by atoms with van der Waals surface area (Å²) in [4.78, 5) is 16.9. The third-order valence-corrected chi connectivity index (χ3v) is 16.1. The summed E-state index contributed by atoms with van der Waals surface area (Å²) in [5.74, 6) is 1.94. The molecule has 0 atom stereocenters. The first-order valence-electron chi connectivity index (χ1n) is 20.0. The van der Waals surface area contributed by atoms with Gasteiger partial charge in [0.2, 0.25) is 0 Å². The number of fused-ring (bicyclic) bond motifs is 8. The topological polar surface area (TPSA) is 43.6 Å². The summed E-state index contributed by atoms with van der Waals surface area (Å²) in [6.45, 7) is 0. The largest absolute Gasteiger partial charge is 0.309 e. The average Bonchev–Trinajstić information content (AvgIpc) is 3.88. The lowest BCUT2D eigenvalue weighted by atomic mass is 9.95. The molecular weight excluding hydrogens is 864 g/mol. The predicted octanol–water partition coefficient (Wildman–Crippen LogP) is 14.2. The Balaban J connectivity index is 1.00. The zero-order chi connectivity index (χ0) is 39.6. The number of hydrogen-bond donors (Lipinski definition) is 0. The Morgan fingerprint density at radius 3 is 1.67 bits per heavy atom. The van der Waals surface area contributed by atoms with E-state index in [2.05, 4.69) is 187 Å². The molecule has 0 radical (unpaired) electrons. The number of nitrogens with zero attached hydrogens (tertiary/aromatic N) is 4. The van der Waals surface area contributed by atoms with E-state index >= 15 is 0 Å². The second kappa shape index (κ2) is 14.4. The van der Waals surface area contributed by atoms with Crippen LogP contribution in [0.25, 0.3) is 94.0 Å². The molecule has 0 saturated heterocycles. The fourth-order valence-corrected chi connectivity index (χ4v) is 13.1. The van der Waals surface area contributed by atoms with E-state index in [4.69, 9.17) is 15.0 Å². The molecule has 8 aromatic carbocycles. The molecule has 1 aliphatic rings. The van der Waals surface area contributed by atoms with Crippen molar-refractivity contribution >= 4 is 67.5 Å². The fraction of sp³-hybridized carbons (Fsp3) is 0. The summed E-state index contributed by atoms with van der Waals surface area (Å²) in [5.41, 5.74) is 12.7. The van der Waals surface area contributed by atoms with Crippen molar-refractivity contribution in [2.24, 2.45) is 0 Å². The zero-order valence-electron chi connectivity index (χ0n) is 32.1. The van der Waals surface area contributed by atoms with Crippen molar-refractivity contribution in [2.75, 3.05) is 0 Å². The molecule has 282 valence electrons. The van der Waals surface area contributed by atoms with E-state index in [0.29, 0.717) is 17.5 Å². The second-order valence-electron chi connectivity index (χ2n) is 14.9. The van der Waals surface area contributed by atoms with Crippen LogP contribution in [0.5, 0.6) is 0 Å². The summed E-state index contributed by atoms with van der Waals surface area (Å²) in [6, 6.07) is 71.6. The SMILES string of the molecule is c1ccc(-c2ccc3c(c2)-c2c(sc4ccccc24)C(c2cccc(-c4nc(-c5ccccc5)nc(-c5cccc(-n6c7ccccc7c7ccccc76)c5)n4)c2)=I3)cc1. The van der Waals surface area contributed by atoms with Crippen molar-refractivity contribution in [1.82, 2.24) is 19.5 Å². The maximum atomic E-state index is 5.26. The lowest BCUT2D eigenvalue weighted by Crippen LogP contribution is -2.06. The second-order valence-corrected chi connectivity index (χ2v) is 18.8. The Kier molecular flexibility index (Phi) is 8.45. The van der Waals surface area contributed by atoms with Gasteiger partial charge in [-0.15, -0.1) is 11.3 Å². The molecule has 1 aliphatic heterocycles. The van der Waals surface area contributed by atoms with Crippen molar-refractivity contribution < 1.29 is 0 Å². The van der Waals surface area contributed by atoms with Gasteiger partial charge in [-0.3, -0.25) is 0 Å². The summed E-state index contributed by atoms with van der Waals surface area (Å²) in [7, 11) is 0. The minimum Gasteiger partial charge on any atom is -0.309 e. The van der Waals surface area contributed by atoms with Crippen molar-refractivity contribution in [3.8, 4) is 62.1 Å². The number of rotatable bonds is 6. The van der Waals surface area contributed by atoms with E-state index in [-0.39, 0.29) is 0 Å². The Morgan fingerprint density at radius 2 is 0.950 bits per heavy atom. The predicted molar refractivity (Wildman–Crippen MR) is 259 cm³/mol. The maximum absolute atomic E-state index is 5.26. The lowest BCUT2D eigenvalue weighted by Gasteiger charge is -2.19. The zero-order valence-corrected chi connectivity index (χ0v) is 35.1. The molecule has 0 saturated carbocycles. The number of thiophene rings is 1. The van der Waals surface area contributed by atoms with E-state index in [1.54, 1.807) is 0 Å². The van der Waals surface area contributed by atoms with E-state index < -0.39 is 20.7 Å². The normalized spacial score (nSPS) is 12.2.